The lowest BCUT2D eigenvalue weighted by molar-refractivity contribution is -0.384. The summed E-state index contributed by atoms with van der Waals surface area (Å²) in [5, 5.41) is 14.4. The maximum Gasteiger partial charge on any atom is 0.293 e. The molecule has 2 atom stereocenters. The largest absolute Gasteiger partial charge is 0.376 e. The fourth-order valence-electron chi connectivity index (χ4n) is 2.69. The second-order valence-corrected chi connectivity index (χ2v) is 5.37. The van der Waals surface area contributed by atoms with Gasteiger partial charge in [-0.3, -0.25) is 14.9 Å². The molecule has 0 aromatic heterocycles. The molecule has 0 unspecified atom stereocenters. The van der Waals surface area contributed by atoms with Gasteiger partial charge in [-0.05, 0) is 30.9 Å². The number of primary amides is 1. The molecule has 0 spiro atoms. The fraction of sp³-hybridized carbons (Fsp3) is 0.500. The number of carbonyl (C=O) groups excluding carboxylic acids is 1. The number of nitro groups is 1. The molecule has 20 heavy (non-hydrogen) atoms. The molecule has 108 valence electrons. The molecule has 6 heteroatoms. The summed E-state index contributed by atoms with van der Waals surface area (Å²) in [6, 6.07) is 4.56. The lowest BCUT2D eigenvalue weighted by atomic mass is 9.86. The van der Waals surface area contributed by atoms with Crippen molar-refractivity contribution < 1.29 is 9.72 Å². The van der Waals surface area contributed by atoms with Crippen molar-refractivity contribution in [2.24, 2.45) is 11.7 Å². The van der Waals surface area contributed by atoms with Gasteiger partial charge in [0.15, 0.2) is 0 Å². The number of benzene rings is 1. The normalized spacial score (nSPS) is 22.2. The number of rotatable bonds is 4. The smallest absolute Gasteiger partial charge is 0.293 e. The standard InChI is InChI=1S/C14H19N3O3/c1-9-4-2-3-5-11(9)16-12-7-6-10(14(15)18)8-13(12)17(19)20/h6-9,11,16H,2-5H2,1H3,(H2,15,18)/t9-,11-/m0/s1. The average Bonchev–Trinajstić information content (AvgIpc) is 2.41. The van der Waals surface area contributed by atoms with Crippen LogP contribution in [0.1, 0.15) is 43.0 Å². The molecule has 0 heterocycles. The first kappa shape index (κ1) is 14.3. The van der Waals surface area contributed by atoms with Crippen LogP contribution in [0.25, 0.3) is 0 Å². The van der Waals surface area contributed by atoms with E-state index in [1.165, 1.54) is 18.6 Å². The molecule has 0 bridgehead atoms. The monoisotopic (exact) mass is 277 g/mol. The molecule has 1 aromatic rings. The molecule has 1 saturated carbocycles. The molecule has 0 aliphatic heterocycles. The molecule has 1 amide bonds. The van der Waals surface area contributed by atoms with E-state index in [0.717, 1.165) is 19.3 Å². The summed E-state index contributed by atoms with van der Waals surface area (Å²) < 4.78 is 0. The van der Waals surface area contributed by atoms with E-state index in [-0.39, 0.29) is 17.3 Å². The van der Waals surface area contributed by atoms with Crippen LogP contribution in [0.5, 0.6) is 0 Å². The number of hydrogen-bond donors (Lipinski definition) is 2. The Morgan fingerprint density at radius 3 is 2.70 bits per heavy atom. The number of nitro benzene ring substituents is 1. The summed E-state index contributed by atoms with van der Waals surface area (Å²) in [5.41, 5.74) is 5.67. The minimum absolute atomic E-state index is 0.0981. The third kappa shape index (κ3) is 3.07. The van der Waals surface area contributed by atoms with Crippen molar-refractivity contribution >= 4 is 17.3 Å². The first-order valence-corrected chi connectivity index (χ1v) is 6.84. The number of amides is 1. The van der Waals surface area contributed by atoms with Gasteiger partial charge in [0.05, 0.1) is 4.92 Å². The lowest BCUT2D eigenvalue weighted by Gasteiger charge is -2.30. The van der Waals surface area contributed by atoms with E-state index in [9.17, 15) is 14.9 Å². The zero-order chi connectivity index (χ0) is 14.7. The van der Waals surface area contributed by atoms with Crippen LogP contribution in [0, 0.1) is 16.0 Å². The van der Waals surface area contributed by atoms with Crippen LogP contribution in [0.2, 0.25) is 0 Å². The number of carbonyl (C=O) groups is 1. The van der Waals surface area contributed by atoms with Crippen molar-refractivity contribution in [3.63, 3.8) is 0 Å². The molecule has 1 fully saturated rings. The van der Waals surface area contributed by atoms with Crippen LogP contribution in [-0.4, -0.2) is 16.9 Å². The number of hydrogen-bond acceptors (Lipinski definition) is 4. The molecule has 1 aromatic carbocycles. The van der Waals surface area contributed by atoms with Gasteiger partial charge in [0, 0.05) is 17.7 Å². The van der Waals surface area contributed by atoms with Crippen LogP contribution >= 0.6 is 0 Å². The maximum atomic E-state index is 11.1. The number of nitrogens with zero attached hydrogens (tertiary/aromatic N) is 1. The molecule has 1 aliphatic carbocycles. The Labute approximate surface area is 117 Å². The Morgan fingerprint density at radius 1 is 1.40 bits per heavy atom. The first-order valence-electron chi connectivity index (χ1n) is 6.84. The molecule has 2 rings (SSSR count). The predicted octanol–water partition coefficient (Wildman–Crippen LogP) is 2.68. The summed E-state index contributed by atoms with van der Waals surface area (Å²) >= 11 is 0. The molecule has 6 nitrogen and oxygen atoms in total. The molecule has 3 N–H and O–H groups in total. The summed E-state index contributed by atoms with van der Waals surface area (Å²) in [5.74, 6) is -0.176. The quantitative estimate of drug-likeness (QED) is 0.653. The molecular weight excluding hydrogens is 258 g/mol. The van der Waals surface area contributed by atoms with Crippen molar-refractivity contribution in [2.75, 3.05) is 5.32 Å². The Morgan fingerprint density at radius 2 is 2.10 bits per heavy atom. The number of anilines is 1. The van der Waals surface area contributed by atoms with E-state index < -0.39 is 10.8 Å². The van der Waals surface area contributed by atoms with Gasteiger partial charge in [-0.25, -0.2) is 0 Å². The van der Waals surface area contributed by atoms with Crippen molar-refractivity contribution in [3.05, 3.63) is 33.9 Å². The second-order valence-electron chi connectivity index (χ2n) is 5.37. The summed E-state index contributed by atoms with van der Waals surface area (Å²) in [7, 11) is 0. The zero-order valence-electron chi connectivity index (χ0n) is 11.5. The summed E-state index contributed by atoms with van der Waals surface area (Å²) in [6.45, 7) is 2.15. The van der Waals surface area contributed by atoms with Gasteiger partial charge in [-0.2, -0.15) is 0 Å². The van der Waals surface area contributed by atoms with Gasteiger partial charge in [0.1, 0.15) is 5.69 Å². The highest BCUT2D eigenvalue weighted by molar-refractivity contribution is 5.94. The highest BCUT2D eigenvalue weighted by Gasteiger charge is 2.24. The minimum atomic E-state index is -0.661. The maximum absolute atomic E-state index is 11.1. The highest BCUT2D eigenvalue weighted by atomic mass is 16.6. The lowest BCUT2D eigenvalue weighted by Crippen LogP contribution is -2.30. The van der Waals surface area contributed by atoms with Gasteiger partial charge in [-0.15, -0.1) is 0 Å². The third-order valence-corrected chi connectivity index (χ3v) is 3.93. The zero-order valence-corrected chi connectivity index (χ0v) is 11.5. The average molecular weight is 277 g/mol. The number of nitrogens with two attached hydrogens (primary N) is 1. The van der Waals surface area contributed by atoms with E-state index in [2.05, 4.69) is 12.2 Å². The molecular formula is C14H19N3O3. The topological polar surface area (TPSA) is 98.3 Å². The Bertz CT molecular complexity index is 530. The number of nitrogens with one attached hydrogen (secondary N) is 1. The van der Waals surface area contributed by atoms with Crippen LogP contribution < -0.4 is 11.1 Å². The van der Waals surface area contributed by atoms with Crippen molar-refractivity contribution in [3.8, 4) is 0 Å². The Hall–Kier alpha value is -2.11. The molecule has 1 aliphatic rings. The van der Waals surface area contributed by atoms with E-state index in [0.29, 0.717) is 11.6 Å². The fourth-order valence-corrected chi connectivity index (χ4v) is 2.69. The van der Waals surface area contributed by atoms with E-state index >= 15 is 0 Å². The second kappa shape index (κ2) is 5.90. The van der Waals surface area contributed by atoms with Crippen LogP contribution in [0.3, 0.4) is 0 Å². The van der Waals surface area contributed by atoms with Crippen molar-refractivity contribution in [2.45, 2.75) is 38.6 Å². The highest BCUT2D eigenvalue weighted by Crippen LogP contribution is 2.31. The van der Waals surface area contributed by atoms with Gasteiger partial charge in [0.25, 0.3) is 5.69 Å². The van der Waals surface area contributed by atoms with Gasteiger partial charge in [0.2, 0.25) is 5.91 Å². The Kier molecular flexibility index (Phi) is 4.22. The van der Waals surface area contributed by atoms with Gasteiger partial charge in [-0.1, -0.05) is 19.8 Å². The van der Waals surface area contributed by atoms with Crippen LogP contribution in [0.4, 0.5) is 11.4 Å². The van der Waals surface area contributed by atoms with E-state index in [1.807, 2.05) is 0 Å². The van der Waals surface area contributed by atoms with Crippen molar-refractivity contribution in [1.29, 1.82) is 0 Å². The minimum Gasteiger partial charge on any atom is -0.376 e. The van der Waals surface area contributed by atoms with Crippen LogP contribution in [-0.2, 0) is 0 Å². The van der Waals surface area contributed by atoms with Gasteiger partial charge >= 0.3 is 0 Å². The van der Waals surface area contributed by atoms with Crippen molar-refractivity contribution in [1.82, 2.24) is 0 Å². The third-order valence-electron chi connectivity index (χ3n) is 3.93. The van der Waals surface area contributed by atoms with Gasteiger partial charge < -0.3 is 11.1 Å². The Balaban J connectivity index is 2.26. The van der Waals surface area contributed by atoms with Crippen LogP contribution in [0.15, 0.2) is 18.2 Å². The van der Waals surface area contributed by atoms with E-state index in [4.69, 9.17) is 5.73 Å². The summed E-state index contributed by atoms with van der Waals surface area (Å²) in [6.07, 6.45) is 4.48. The molecule has 0 saturated heterocycles. The SMILES string of the molecule is C[C@H]1CCCC[C@@H]1Nc1ccc(C(N)=O)cc1[N+](=O)[O-]. The van der Waals surface area contributed by atoms with E-state index in [1.54, 1.807) is 6.07 Å². The predicted molar refractivity (Wildman–Crippen MR) is 76.7 cm³/mol. The molecule has 0 radical (unpaired) electrons. The summed E-state index contributed by atoms with van der Waals surface area (Å²) in [4.78, 5) is 21.8. The first-order chi connectivity index (χ1) is 9.49.